The minimum atomic E-state index is 0.632. The van der Waals surface area contributed by atoms with Crippen LogP contribution >= 0.6 is 0 Å². The summed E-state index contributed by atoms with van der Waals surface area (Å²) >= 11 is 0. The van der Waals surface area contributed by atoms with Gasteiger partial charge >= 0.3 is 0 Å². The van der Waals surface area contributed by atoms with Gasteiger partial charge in [-0.05, 0) is 50.5 Å². The zero-order valence-corrected chi connectivity index (χ0v) is 11.6. The van der Waals surface area contributed by atoms with Gasteiger partial charge in [-0.25, -0.2) is 0 Å². The van der Waals surface area contributed by atoms with E-state index in [9.17, 15) is 0 Å². The van der Waals surface area contributed by atoms with Crippen LogP contribution in [0.5, 0.6) is 5.75 Å². The van der Waals surface area contributed by atoms with Crippen molar-refractivity contribution in [3.63, 3.8) is 0 Å². The van der Waals surface area contributed by atoms with Crippen LogP contribution < -0.4 is 4.74 Å². The summed E-state index contributed by atoms with van der Waals surface area (Å²) in [6.45, 7) is 9.08. The lowest BCUT2D eigenvalue weighted by atomic mass is 10.1. The average Bonchev–Trinajstić information content (AvgIpc) is 2.30. The lowest BCUT2D eigenvalue weighted by molar-refractivity contribution is 0.303. The predicted octanol–water partition coefficient (Wildman–Crippen LogP) is 4.50. The Labute approximate surface area is 109 Å². The van der Waals surface area contributed by atoms with Crippen LogP contribution in [-0.2, 0) is 6.61 Å². The quantitative estimate of drug-likeness (QED) is 0.767. The summed E-state index contributed by atoms with van der Waals surface area (Å²) in [6.07, 6.45) is 0. The molecule has 0 saturated carbocycles. The SMILES string of the molecule is Cc1cc(C)cc(COc2cccc(C)c2C)c1. The number of rotatable bonds is 3. The fraction of sp³-hybridized carbons (Fsp3) is 0.294. The Bertz CT molecular complexity index is 535. The highest BCUT2D eigenvalue weighted by atomic mass is 16.5. The van der Waals surface area contributed by atoms with E-state index >= 15 is 0 Å². The van der Waals surface area contributed by atoms with Crippen LogP contribution in [0, 0.1) is 27.7 Å². The second kappa shape index (κ2) is 5.26. The highest BCUT2D eigenvalue weighted by Gasteiger charge is 2.02. The summed E-state index contributed by atoms with van der Waals surface area (Å²) in [7, 11) is 0. The molecule has 0 spiro atoms. The van der Waals surface area contributed by atoms with Gasteiger partial charge in [-0.1, -0.05) is 41.5 Å². The van der Waals surface area contributed by atoms with Crippen molar-refractivity contribution in [1.29, 1.82) is 0 Å². The predicted molar refractivity (Wildman–Crippen MR) is 76.2 cm³/mol. The van der Waals surface area contributed by atoms with E-state index in [1.54, 1.807) is 0 Å². The smallest absolute Gasteiger partial charge is 0.122 e. The summed E-state index contributed by atoms with van der Waals surface area (Å²) in [5, 5.41) is 0. The van der Waals surface area contributed by atoms with Crippen molar-refractivity contribution in [3.8, 4) is 5.75 Å². The number of hydrogen-bond acceptors (Lipinski definition) is 1. The third kappa shape index (κ3) is 2.92. The molecule has 0 atom stereocenters. The number of ether oxygens (including phenoxy) is 1. The fourth-order valence-electron chi connectivity index (χ4n) is 2.19. The summed E-state index contributed by atoms with van der Waals surface area (Å²) < 4.78 is 5.91. The highest BCUT2D eigenvalue weighted by molar-refractivity contribution is 5.38. The lowest BCUT2D eigenvalue weighted by Crippen LogP contribution is -1.98. The molecule has 1 heteroatoms. The number of hydrogen-bond donors (Lipinski definition) is 0. The van der Waals surface area contributed by atoms with E-state index < -0.39 is 0 Å². The fourth-order valence-corrected chi connectivity index (χ4v) is 2.19. The van der Waals surface area contributed by atoms with Crippen molar-refractivity contribution in [1.82, 2.24) is 0 Å². The van der Waals surface area contributed by atoms with Gasteiger partial charge in [0.05, 0.1) is 0 Å². The maximum Gasteiger partial charge on any atom is 0.122 e. The van der Waals surface area contributed by atoms with Crippen LogP contribution in [0.15, 0.2) is 36.4 Å². The summed E-state index contributed by atoms with van der Waals surface area (Å²) in [5.74, 6) is 0.981. The minimum Gasteiger partial charge on any atom is -0.489 e. The van der Waals surface area contributed by atoms with Gasteiger partial charge in [0, 0.05) is 0 Å². The molecule has 0 bridgehead atoms. The Morgan fingerprint density at radius 2 is 1.56 bits per heavy atom. The Hall–Kier alpha value is -1.76. The van der Waals surface area contributed by atoms with E-state index in [2.05, 4.69) is 52.0 Å². The number of benzene rings is 2. The van der Waals surface area contributed by atoms with Gasteiger partial charge in [0.1, 0.15) is 12.4 Å². The molecule has 2 rings (SSSR count). The van der Waals surface area contributed by atoms with E-state index in [1.165, 1.54) is 27.8 Å². The minimum absolute atomic E-state index is 0.632. The van der Waals surface area contributed by atoms with Gasteiger partial charge in [0.15, 0.2) is 0 Å². The van der Waals surface area contributed by atoms with E-state index in [0.29, 0.717) is 6.61 Å². The van der Waals surface area contributed by atoms with E-state index in [1.807, 2.05) is 12.1 Å². The zero-order chi connectivity index (χ0) is 13.1. The Kier molecular flexibility index (Phi) is 3.71. The largest absolute Gasteiger partial charge is 0.489 e. The second-order valence-corrected chi connectivity index (χ2v) is 4.98. The molecule has 0 aliphatic rings. The van der Waals surface area contributed by atoms with Crippen LogP contribution in [0.3, 0.4) is 0 Å². The monoisotopic (exact) mass is 240 g/mol. The molecule has 0 amide bonds. The van der Waals surface area contributed by atoms with Crippen LogP contribution in [0.1, 0.15) is 27.8 Å². The van der Waals surface area contributed by atoms with Crippen molar-refractivity contribution in [2.24, 2.45) is 0 Å². The Morgan fingerprint density at radius 1 is 0.889 bits per heavy atom. The Balaban J connectivity index is 2.14. The molecule has 18 heavy (non-hydrogen) atoms. The first-order chi connectivity index (χ1) is 8.56. The van der Waals surface area contributed by atoms with Gasteiger partial charge in [-0.2, -0.15) is 0 Å². The third-order valence-electron chi connectivity index (χ3n) is 3.23. The van der Waals surface area contributed by atoms with E-state index in [-0.39, 0.29) is 0 Å². The van der Waals surface area contributed by atoms with Crippen LogP contribution in [-0.4, -0.2) is 0 Å². The molecule has 0 aliphatic heterocycles. The van der Waals surface area contributed by atoms with Crippen molar-refractivity contribution in [2.45, 2.75) is 34.3 Å². The molecule has 0 radical (unpaired) electrons. The zero-order valence-electron chi connectivity index (χ0n) is 11.6. The average molecular weight is 240 g/mol. The summed E-state index contributed by atoms with van der Waals surface area (Å²) in [4.78, 5) is 0. The van der Waals surface area contributed by atoms with Crippen molar-refractivity contribution < 1.29 is 4.74 Å². The second-order valence-electron chi connectivity index (χ2n) is 4.98. The maximum atomic E-state index is 5.91. The molecule has 0 aromatic heterocycles. The van der Waals surface area contributed by atoms with Crippen LogP contribution in [0.25, 0.3) is 0 Å². The molecule has 2 aromatic rings. The molecule has 94 valence electrons. The highest BCUT2D eigenvalue weighted by Crippen LogP contribution is 2.22. The van der Waals surface area contributed by atoms with Crippen molar-refractivity contribution >= 4 is 0 Å². The molecule has 0 aliphatic carbocycles. The first-order valence-electron chi connectivity index (χ1n) is 6.32. The molecular formula is C17H20O. The van der Waals surface area contributed by atoms with Gasteiger partial charge in [0.2, 0.25) is 0 Å². The molecule has 2 aromatic carbocycles. The van der Waals surface area contributed by atoms with Gasteiger partial charge in [-0.15, -0.1) is 0 Å². The van der Waals surface area contributed by atoms with Crippen LogP contribution in [0.2, 0.25) is 0 Å². The summed E-state index contributed by atoms with van der Waals surface area (Å²) in [6, 6.07) is 12.7. The first kappa shape index (κ1) is 12.7. The topological polar surface area (TPSA) is 9.23 Å². The first-order valence-corrected chi connectivity index (χ1v) is 6.32. The standard InChI is InChI=1S/C17H20O/c1-12-8-13(2)10-16(9-12)11-18-17-7-5-6-14(3)15(17)4/h5-10H,11H2,1-4H3. The van der Waals surface area contributed by atoms with Crippen molar-refractivity contribution in [3.05, 3.63) is 64.2 Å². The maximum absolute atomic E-state index is 5.91. The molecular weight excluding hydrogens is 220 g/mol. The number of aryl methyl sites for hydroxylation is 3. The normalized spacial score (nSPS) is 10.4. The van der Waals surface area contributed by atoms with E-state index in [0.717, 1.165) is 5.75 Å². The molecule has 0 unspecified atom stereocenters. The van der Waals surface area contributed by atoms with E-state index in [4.69, 9.17) is 4.74 Å². The van der Waals surface area contributed by atoms with Gasteiger partial charge in [-0.3, -0.25) is 0 Å². The van der Waals surface area contributed by atoms with Crippen molar-refractivity contribution in [2.75, 3.05) is 0 Å². The molecule has 1 nitrogen and oxygen atoms in total. The third-order valence-corrected chi connectivity index (χ3v) is 3.23. The van der Waals surface area contributed by atoms with Gasteiger partial charge < -0.3 is 4.74 Å². The van der Waals surface area contributed by atoms with Crippen LogP contribution in [0.4, 0.5) is 0 Å². The molecule has 0 heterocycles. The molecule has 0 saturated heterocycles. The summed E-state index contributed by atoms with van der Waals surface area (Å²) in [5.41, 5.74) is 6.30. The van der Waals surface area contributed by atoms with Gasteiger partial charge in [0.25, 0.3) is 0 Å². The molecule has 0 N–H and O–H groups in total. The lowest BCUT2D eigenvalue weighted by Gasteiger charge is -2.11. The Morgan fingerprint density at radius 3 is 2.22 bits per heavy atom. The molecule has 0 fully saturated rings.